The molecule has 4 heteroatoms. The fourth-order valence-electron chi connectivity index (χ4n) is 1.52. The number of hydrogen-bond acceptors (Lipinski definition) is 3. The molecule has 0 bridgehead atoms. The average Bonchev–Trinajstić information content (AvgIpc) is 2.65. The Bertz CT molecular complexity index is 260. The maximum atomic E-state index is 6.04. The maximum absolute atomic E-state index is 6.04. The van der Waals surface area contributed by atoms with Crippen molar-refractivity contribution in [1.29, 1.82) is 0 Å². The highest BCUT2D eigenvalue weighted by molar-refractivity contribution is 5.05. The van der Waals surface area contributed by atoms with Gasteiger partial charge in [-0.25, -0.2) is 0 Å². The molecule has 1 aromatic rings. The highest BCUT2D eigenvalue weighted by atomic mass is 16.5. The summed E-state index contributed by atoms with van der Waals surface area (Å²) in [7, 11) is 1.71. The summed E-state index contributed by atoms with van der Waals surface area (Å²) in [5.41, 5.74) is 7.15. The second-order valence-corrected chi connectivity index (χ2v) is 3.31. The van der Waals surface area contributed by atoms with E-state index in [0.717, 1.165) is 31.7 Å². The van der Waals surface area contributed by atoms with Crippen molar-refractivity contribution in [2.75, 3.05) is 13.7 Å². The zero-order valence-electron chi connectivity index (χ0n) is 8.94. The Balaban J connectivity index is 2.47. The van der Waals surface area contributed by atoms with Crippen molar-refractivity contribution in [3.63, 3.8) is 0 Å². The third kappa shape index (κ3) is 2.82. The monoisotopic (exact) mass is 197 g/mol. The molecule has 0 radical (unpaired) electrons. The summed E-state index contributed by atoms with van der Waals surface area (Å²) in [5.74, 6) is 0. The van der Waals surface area contributed by atoms with Gasteiger partial charge in [-0.15, -0.1) is 0 Å². The molecule has 0 aliphatic heterocycles. The zero-order chi connectivity index (χ0) is 10.4. The van der Waals surface area contributed by atoms with Crippen molar-refractivity contribution in [3.05, 3.63) is 18.0 Å². The van der Waals surface area contributed by atoms with Gasteiger partial charge in [-0.05, 0) is 25.8 Å². The van der Waals surface area contributed by atoms with Crippen LogP contribution in [0.2, 0.25) is 0 Å². The van der Waals surface area contributed by atoms with Crippen LogP contribution in [0.15, 0.2) is 12.3 Å². The van der Waals surface area contributed by atoms with Gasteiger partial charge in [0.1, 0.15) is 0 Å². The number of nitrogens with two attached hydrogens (primary N) is 1. The summed E-state index contributed by atoms with van der Waals surface area (Å²) in [5, 5.41) is 4.19. The molecular formula is C10H19N3O. The van der Waals surface area contributed by atoms with E-state index in [0.29, 0.717) is 0 Å². The molecule has 1 atom stereocenters. The number of methoxy groups -OCH3 is 1. The molecule has 2 N–H and O–H groups in total. The molecule has 0 fully saturated rings. The molecule has 0 aliphatic carbocycles. The molecule has 0 spiro atoms. The molecule has 0 aliphatic rings. The predicted octanol–water partition coefficient (Wildman–Crippen LogP) is 1.33. The molecule has 0 aromatic carbocycles. The van der Waals surface area contributed by atoms with E-state index in [-0.39, 0.29) is 6.04 Å². The van der Waals surface area contributed by atoms with Gasteiger partial charge in [0.25, 0.3) is 0 Å². The minimum absolute atomic E-state index is 0.0765. The van der Waals surface area contributed by atoms with Gasteiger partial charge < -0.3 is 10.5 Å². The summed E-state index contributed by atoms with van der Waals surface area (Å²) in [4.78, 5) is 0. The second-order valence-electron chi connectivity index (χ2n) is 3.31. The van der Waals surface area contributed by atoms with Crippen molar-refractivity contribution >= 4 is 0 Å². The van der Waals surface area contributed by atoms with Gasteiger partial charge in [0.2, 0.25) is 0 Å². The fourth-order valence-corrected chi connectivity index (χ4v) is 1.52. The number of ether oxygens (including phenoxy) is 1. The van der Waals surface area contributed by atoms with Crippen LogP contribution in [0.3, 0.4) is 0 Å². The van der Waals surface area contributed by atoms with Crippen molar-refractivity contribution in [2.45, 2.75) is 32.4 Å². The molecule has 0 amide bonds. The zero-order valence-corrected chi connectivity index (χ0v) is 8.94. The molecule has 80 valence electrons. The maximum Gasteiger partial charge on any atom is 0.0551 e. The van der Waals surface area contributed by atoms with Gasteiger partial charge >= 0.3 is 0 Å². The van der Waals surface area contributed by atoms with Gasteiger partial charge in [0.15, 0.2) is 0 Å². The van der Waals surface area contributed by atoms with E-state index in [1.54, 1.807) is 13.3 Å². The number of aryl methyl sites for hydroxylation is 1. The lowest BCUT2D eigenvalue weighted by Crippen LogP contribution is -2.16. The molecule has 0 saturated heterocycles. The van der Waals surface area contributed by atoms with Crippen LogP contribution in [0, 0.1) is 0 Å². The van der Waals surface area contributed by atoms with Gasteiger partial charge in [-0.1, -0.05) is 0 Å². The van der Waals surface area contributed by atoms with Crippen LogP contribution < -0.4 is 5.73 Å². The normalized spacial score (nSPS) is 13.1. The van der Waals surface area contributed by atoms with Gasteiger partial charge in [0, 0.05) is 32.5 Å². The highest BCUT2D eigenvalue weighted by Gasteiger charge is 2.09. The molecule has 1 aromatic heterocycles. The minimum atomic E-state index is 0.0765. The Hall–Kier alpha value is -0.870. The Morgan fingerprint density at radius 3 is 3.07 bits per heavy atom. The average molecular weight is 197 g/mol. The Morgan fingerprint density at radius 1 is 1.64 bits per heavy atom. The molecule has 1 unspecified atom stereocenters. The van der Waals surface area contributed by atoms with Crippen LogP contribution in [-0.2, 0) is 11.3 Å². The van der Waals surface area contributed by atoms with Gasteiger partial charge in [-0.3, -0.25) is 4.68 Å². The fraction of sp³-hybridized carbons (Fsp3) is 0.700. The topological polar surface area (TPSA) is 53.1 Å². The van der Waals surface area contributed by atoms with E-state index < -0.39 is 0 Å². The second kappa shape index (κ2) is 5.78. The highest BCUT2D eigenvalue weighted by Crippen LogP contribution is 2.14. The summed E-state index contributed by atoms with van der Waals surface area (Å²) >= 11 is 0. The van der Waals surface area contributed by atoms with Crippen LogP contribution in [0.5, 0.6) is 0 Å². The summed E-state index contributed by atoms with van der Waals surface area (Å²) in [6.45, 7) is 3.71. The standard InChI is InChI=1S/C10H19N3O/c1-3-13-10(6-7-12-13)9(11)5-4-8-14-2/h6-7,9H,3-5,8,11H2,1-2H3. The van der Waals surface area contributed by atoms with Crippen molar-refractivity contribution in [1.82, 2.24) is 9.78 Å². The number of nitrogens with zero attached hydrogens (tertiary/aromatic N) is 2. The van der Waals surface area contributed by atoms with E-state index >= 15 is 0 Å². The van der Waals surface area contributed by atoms with E-state index in [1.807, 2.05) is 10.7 Å². The van der Waals surface area contributed by atoms with E-state index in [4.69, 9.17) is 10.5 Å². The lowest BCUT2D eigenvalue weighted by atomic mass is 10.1. The molecule has 1 rings (SSSR count). The van der Waals surface area contributed by atoms with Crippen LogP contribution in [-0.4, -0.2) is 23.5 Å². The van der Waals surface area contributed by atoms with Crippen LogP contribution >= 0.6 is 0 Å². The molecule has 4 nitrogen and oxygen atoms in total. The van der Waals surface area contributed by atoms with Gasteiger partial charge in [0.05, 0.1) is 5.69 Å². The quantitative estimate of drug-likeness (QED) is 0.700. The first-order chi connectivity index (χ1) is 6.79. The Kier molecular flexibility index (Phi) is 4.62. The third-order valence-electron chi connectivity index (χ3n) is 2.29. The molecule has 14 heavy (non-hydrogen) atoms. The van der Waals surface area contributed by atoms with Gasteiger partial charge in [-0.2, -0.15) is 5.10 Å². The first-order valence-corrected chi connectivity index (χ1v) is 5.05. The van der Waals surface area contributed by atoms with E-state index in [1.165, 1.54) is 0 Å². The Labute approximate surface area is 85.0 Å². The number of rotatable bonds is 6. The third-order valence-corrected chi connectivity index (χ3v) is 2.29. The first-order valence-electron chi connectivity index (χ1n) is 5.05. The smallest absolute Gasteiger partial charge is 0.0551 e. The van der Waals surface area contributed by atoms with Crippen molar-refractivity contribution < 1.29 is 4.74 Å². The van der Waals surface area contributed by atoms with Crippen molar-refractivity contribution in [3.8, 4) is 0 Å². The van der Waals surface area contributed by atoms with Crippen molar-refractivity contribution in [2.24, 2.45) is 5.73 Å². The van der Waals surface area contributed by atoms with Crippen LogP contribution in [0.25, 0.3) is 0 Å². The summed E-state index contributed by atoms with van der Waals surface area (Å²) < 4.78 is 6.93. The lowest BCUT2D eigenvalue weighted by molar-refractivity contribution is 0.190. The Morgan fingerprint density at radius 2 is 2.43 bits per heavy atom. The predicted molar refractivity (Wildman–Crippen MR) is 55.9 cm³/mol. The molecular weight excluding hydrogens is 178 g/mol. The molecule has 1 heterocycles. The first kappa shape index (κ1) is 11.2. The minimum Gasteiger partial charge on any atom is -0.385 e. The van der Waals surface area contributed by atoms with Crippen LogP contribution in [0.4, 0.5) is 0 Å². The SMILES string of the molecule is CCn1nccc1C(N)CCCOC. The largest absolute Gasteiger partial charge is 0.385 e. The summed E-state index contributed by atoms with van der Waals surface area (Å²) in [6.07, 6.45) is 3.74. The summed E-state index contributed by atoms with van der Waals surface area (Å²) in [6, 6.07) is 2.06. The number of hydrogen-bond donors (Lipinski definition) is 1. The molecule has 0 saturated carbocycles. The number of aromatic nitrogens is 2. The van der Waals surface area contributed by atoms with E-state index in [9.17, 15) is 0 Å². The van der Waals surface area contributed by atoms with E-state index in [2.05, 4.69) is 12.0 Å². The lowest BCUT2D eigenvalue weighted by Gasteiger charge is -2.12. The van der Waals surface area contributed by atoms with Crippen LogP contribution in [0.1, 0.15) is 31.5 Å².